The van der Waals surface area contributed by atoms with Gasteiger partial charge in [-0.1, -0.05) is 35.1 Å². The highest BCUT2D eigenvalue weighted by molar-refractivity contribution is 7.89. The second-order valence-corrected chi connectivity index (χ2v) is 9.86. The zero-order chi connectivity index (χ0) is 20.4. The summed E-state index contributed by atoms with van der Waals surface area (Å²) in [7, 11) is -3.50. The quantitative estimate of drug-likeness (QED) is 0.639. The fourth-order valence-corrected chi connectivity index (χ4v) is 5.40. The van der Waals surface area contributed by atoms with Crippen LogP contribution in [0.1, 0.15) is 23.2 Å². The molecule has 0 unspecified atom stereocenters. The molecule has 1 saturated heterocycles. The first-order valence-electron chi connectivity index (χ1n) is 8.94. The van der Waals surface area contributed by atoms with Crippen LogP contribution in [0.15, 0.2) is 53.4 Å². The van der Waals surface area contributed by atoms with Gasteiger partial charge in [0.1, 0.15) is 5.01 Å². The first-order valence-corrected chi connectivity index (χ1v) is 11.6. The van der Waals surface area contributed by atoms with Gasteiger partial charge in [-0.3, -0.25) is 10.1 Å². The van der Waals surface area contributed by atoms with Crippen molar-refractivity contribution < 1.29 is 13.2 Å². The summed E-state index contributed by atoms with van der Waals surface area (Å²) in [6.45, 7) is 1.08. The molecule has 1 aliphatic rings. The van der Waals surface area contributed by atoms with E-state index in [-0.39, 0.29) is 10.8 Å². The van der Waals surface area contributed by atoms with Crippen molar-refractivity contribution in [2.45, 2.75) is 17.7 Å². The van der Waals surface area contributed by atoms with Crippen LogP contribution >= 0.6 is 22.9 Å². The van der Waals surface area contributed by atoms with Crippen LogP contribution in [0.25, 0.3) is 10.6 Å². The summed E-state index contributed by atoms with van der Waals surface area (Å²) < 4.78 is 26.6. The third-order valence-electron chi connectivity index (χ3n) is 4.56. The molecule has 0 atom stereocenters. The monoisotopic (exact) mass is 448 g/mol. The van der Waals surface area contributed by atoms with Crippen molar-refractivity contribution in [2.75, 3.05) is 18.4 Å². The molecule has 0 aliphatic carbocycles. The van der Waals surface area contributed by atoms with E-state index >= 15 is 0 Å². The molecular weight excluding hydrogens is 432 g/mol. The van der Waals surface area contributed by atoms with Crippen LogP contribution in [0.4, 0.5) is 5.13 Å². The first kappa shape index (κ1) is 20.0. The number of halogens is 1. The molecule has 2 aromatic carbocycles. The van der Waals surface area contributed by atoms with Gasteiger partial charge < -0.3 is 0 Å². The maximum absolute atomic E-state index is 12.6. The largest absolute Gasteiger partial charge is 0.296 e. The number of nitrogens with one attached hydrogen (secondary N) is 1. The number of carbonyl (C=O) groups excluding carboxylic acids is 1. The molecule has 0 radical (unpaired) electrons. The van der Waals surface area contributed by atoms with Gasteiger partial charge in [0.25, 0.3) is 5.91 Å². The van der Waals surface area contributed by atoms with Gasteiger partial charge in [0.05, 0.1) is 4.90 Å². The SMILES string of the molecule is O=C(Nc1nnc(-c2ccc(Cl)cc2)s1)c1ccc(S(=O)(=O)N2CCCC2)cc1. The molecule has 2 heterocycles. The molecule has 150 valence electrons. The van der Waals surface area contributed by atoms with Gasteiger partial charge in [-0.2, -0.15) is 4.31 Å². The number of anilines is 1. The molecule has 3 aromatic rings. The van der Waals surface area contributed by atoms with E-state index in [4.69, 9.17) is 11.6 Å². The molecule has 1 N–H and O–H groups in total. The van der Waals surface area contributed by atoms with Gasteiger partial charge >= 0.3 is 0 Å². The van der Waals surface area contributed by atoms with E-state index in [0.717, 1.165) is 18.4 Å². The van der Waals surface area contributed by atoms with Gasteiger partial charge in [0, 0.05) is 29.2 Å². The van der Waals surface area contributed by atoms with Crippen molar-refractivity contribution >= 4 is 44.0 Å². The van der Waals surface area contributed by atoms with E-state index in [1.54, 1.807) is 12.1 Å². The average molecular weight is 449 g/mol. The highest BCUT2D eigenvalue weighted by atomic mass is 35.5. The summed E-state index contributed by atoms with van der Waals surface area (Å²) in [5, 5.41) is 12.4. The second-order valence-electron chi connectivity index (χ2n) is 6.51. The number of amides is 1. The van der Waals surface area contributed by atoms with Gasteiger partial charge in [-0.15, -0.1) is 10.2 Å². The second kappa shape index (κ2) is 8.19. The lowest BCUT2D eigenvalue weighted by Crippen LogP contribution is -2.27. The van der Waals surface area contributed by atoms with Crippen molar-refractivity contribution in [3.05, 3.63) is 59.1 Å². The van der Waals surface area contributed by atoms with Crippen molar-refractivity contribution in [1.82, 2.24) is 14.5 Å². The molecule has 1 aliphatic heterocycles. The summed E-state index contributed by atoms with van der Waals surface area (Å²) >= 11 is 7.13. The van der Waals surface area contributed by atoms with E-state index in [2.05, 4.69) is 15.5 Å². The minimum Gasteiger partial charge on any atom is -0.296 e. The van der Waals surface area contributed by atoms with Crippen molar-refractivity contribution in [1.29, 1.82) is 0 Å². The molecular formula is C19H17ClN4O3S2. The Morgan fingerprint density at radius 1 is 1.00 bits per heavy atom. The third kappa shape index (κ3) is 4.32. The van der Waals surface area contributed by atoms with Crippen molar-refractivity contribution in [3.63, 3.8) is 0 Å². The number of sulfonamides is 1. The lowest BCUT2D eigenvalue weighted by molar-refractivity contribution is 0.102. The number of carbonyl (C=O) groups is 1. The third-order valence-corrected chi connectivity index (χ3v) is 7.61. The van der Waals surface area contributed by atoms with Crippen LogP contribution in [-0.2, 0) is 10.0 Å². The number of rotatable bonds is 5. The Bertz CT molecular complexity index is 1120. The molecule has 1 amide bonds. The minimum atomic E-state index is -3.50. The first-order chi connectivity index (χ1) is 13.9. The van der Waals surface area contributed by atoms with Gasteiger partial charge in [-0.05, 0) is 49.2 Å². The zero-order valence-electron chi connectivity index (χ0n) is 15.2. The van der Waals surface area contributed by atoms with E-state index in [9.17, 15) is 13.2 Å². The maximum Gasteiger partial charge on any atom is 0.257 e. The van der Waals surface area contributed by atoms with Crippen molar-refractivity contribution in [2.24, 2.45) is 0 Å². The van der Waals surface area contributed by atoms with Crippen molar-refractivity contribution in [3.8, 4) is 10.6 Å². The van der Waals surface area contributed by atoms with Crippen LogP contribution in [0, 0.1) is 0 Å². The summed E-state index contributed by atoms with van der Waals surface area (Å²) in [6.07, 6.45) is 1.75. The topological polar surface area (TPSA) is 92.3 Å². The summed E-state index contributed by atoms with van der Waals surface area (Å²) in [4.78, 5) is 12.7. The molecule has 10 heteroatoms. The Labute approximate surface area is 177 Å². The van der Waals surface area contributed by atoms with Crippen LogP contribution < -0.4 is 5.32 Å². The molecule has 29 heavy (non-hydrogen) atoms. The smallest absolute Gasteiger partial charge is 0.257 e. The molecule has 4 rings (SSSR count). The minimum absolute atomic E-state index is 0.192. The van der Waals surface area contributed by atoms with E-state index < -0.39 is 10.0 Å². The highest BCUT2D eigenvalue weighted by Crippen LogP contribution is 2.28. The predicted molar refractivity (Wildman–Crippen MR) is 113 cm³/mol. The molecule has 0 spiro atoms. The maximum atomic E-state index is 12.6. The lowest BCUT2D eigenvalue weighted by Gasteiger charge is -2.15. The van der Waals surface area contributed by atoms with Crippen LogP contribution in [0.2, 0.25) is 5.02 Å². The van der Waals surface area contributed by atoms with Crippen LogP contribution in [-0.4, -0.2) is 41.9 Å². The number of nitrogens with zero attached hydrogens (tertiary/aromatic N) is 3. The zero-order valence-corrected chi connectivity index (χ0v) is 17.6. The number of hydrogen-bond donors (Lipinski definition) is 1. The van der Waals surface area contributed by atoms with Gasteiger partial charge in [-0.25, -0.2) is 8.42 Å². The predicted octanol–water partition coefficient (Wildman–Crippen LogP) is 3.90. The molecule has 1 fully saturated rings. The molecule has 0 saturated carbocycles. The standard InChI is InChI=1S/C19H17ClN4O3S2/c20-15-7-3-14(4-8-15)18-22-23-19(28-18)21-17(25)13-5-9-16(10-6-13)29(26,27)24-11-1-2-12-24/h3-10H,1-2,11-12H2,(H,21,23,25). The fraction of sp³-hybridized carbons (Fsp3) is 0.211. The lowest BCUT2D eigenvalue weighted by atomic mass is 10.2. The van der Waals surface area contributed by atoms with E-state index in [0.29, 0.717) is 33.8 Å². The Kier molecular flexibility index (Phi) is 5.64. The number of benzene rings is 2. The Morgan fingerprint density at radius 3 is 2.31 bits per heavy atom. The molecule has 7 nitrogen and oxygen atoms in total. The molecule has 1 aromatic heterocycles. The molecule has 0 bridgehead atoms. The van der Waals surface area contributed by atoms with Gasteiger partial charge in [0.2, 0.25) is 15.2 Å². The summed E-state index contributed by atoms with van der Waals surface area (Å²) in [5.74, 6) is -0.381. The number of aromatic nitrogens is 2. The highest BCUT2D eigenvalue weighted by Gasteiger charge is 2.27. The van der Waals surface area contributed by atoms with Crippen LogP contribution in [0.3, 0.4) is 0 Å². The normalized spacial score (nSPS) is 14.8. The fourth-order valence-electron chi connectivity index (χ4n) is 3.01. The van der Waals surface area contributed by atoms with E-state index in [1.807, 2.05) is 12.1 Å². The Morgan fingerprint density at radius 2 is 1.66 bits per heavy atom. The van der Waals surface area contributed by atoms with Gasteiger partial charge in [0.15, 0.2) is 0 Å². The summed E-state index contributed by atoms with van der Waals surface area (Å²) in [6, 6.07) is 13.1. The van der Waals surface area contributed by atoms with E-state index in [1.165, 1.54) is 39.9 Å². The van der Waals surface area contributed by atoms with Crippen LogP contribution in [0.5, 0.6) is 0 Å². The Hall–Kier alpha value is -2.33. The number of hydrogen-bond acceptors (Lipinski definition) is 6. The summed E-state index contributed by atoms with van der Waals surface area (Å²) in [5.41, 5.74) is 1.19. The Balaban J connectivity index is 1.46. The average Bonchev–Trinajstić information content (AvgIpc) is 3.41.